The zero-order valence-corrected chi connectivity index (χ0v) is 8.42. The number of nitrogens with zero attached hydrogens (tertiary/aromatic N) is 2. The van der Waals surface area contributed by atoms with Crippen molar-refractivity contribution in [3.05, 3.63) is 71.3 Å². The molecule has 3 nitrogen and oxygen atoms in total. The van der Waals surface area contributed by atoms with E-state index in [0.29, 0.717) is 16.8 Å². The van der Waals surface area contributed by atoms with Crippen LogP contribution in [0.15, 0.2) is 48.8 Å². The molecule has 0 aliphatic rings. The molecule has 0 saturated heterocycles. The Balaban J connectivity index is 2.32. The number of carbonyl (C=O) groups is 1. The van der Waals surface area contributed by atoms with E-state index in [9.17, 15) is 4.79 Å². The topological polar surface area (TPSA) is 34.3 Å². The molecule has 1 aromatic carbocycles. The van der Waals surface area contributed by atoms with Crippen LogP contribution in [0.1, 0.15) is 15.9 Å². The quantitative estimate of drug-likeness (QED) is 0.561. The third-order valence-electron chi connectivity index (χ3n) is 2.18. The van der Waals surface area contributed by atoms with Gasteiger partial charge in [-0.15, -0.1) is 0 Å². The van der Waals surface area contributed by atoms with Crippen LogP contribution in [0.3, 0.4) is 0 Å². The number of hydrogen-bond donors (Lipinski definition) is 0. The lowest BCUT2D eigenvalue weighted by molar-refractivity contribution is 0.103. The maximum Gasteiger partial charge on any atom is 0.194 e. The summed E-state index contributed by atoms with van der Waals surface area (Å²) in [4.78, 5) is 19.1. The molecule has 1 heterocycles. The van der Waals surface area contributed by atoms with Gasteiger partial charge in [0.1, 0.15) is 0 Å². The predicted molar refractivity (Wildman–Crippen MR) is 60.4 cm³/mol. The van der Waals surface area contributed by atoms with Crippen LogP contribution in [0, 0.1) is 6.57 Å². The van der Waals surface area contributed by atoms with Crippen LogP contribution < -0.4 is 0 Å². The number of hydrogen-bond acceptors (Lipinski definition) is 2. The van der Waals surface area contributed by atoms with Crippen molar-refractivity contribution in [3.8, 4) is 0 Å². The number of benzene rings is 1. The Morgan fingerprint density at radius 1 is 1.12 bits per heavy atom. The van der Waals surface area contributed by atoms with Crippen molar-refractivity contribution < 1.29 is 4.79 Å². The normalized spacial score (nSPS) is 9.44. The average molecular weight is 208 g/mol. The summed E-state index contributed by atoms with van der Waals surface area (Å²) in [6.45, 7) is 6.82. The Labute approximate surface area is 93.2 Å². The summed E-state index contributed by atoms with van der Waals surface area (Å²) in [5.41, 5.74) is 1.65. The van der Waals surface area contributed by atoms with Crippen molar-refractivity contribution in [2.75, 3.05) is 0 Å². The zero-order valence-electron chi connectivity index (χ0n) is 8.42. The summed E-state index contributed by atoms with van der Waals surface area (Å²) in [5, 5.41) is 0. The molecule has 3 heteroatoms. The molecule has 0 aliphatic carbocycles. The minimum absolute atomic E-state index is 0.0790. The first-order valence-electron chi connectivity index (χ1n) is 4.73. The first-order valence-corrected chi connectivity index (χ1v) is 4.73. The van der Waals surface area contributed by atoms with Crippen molar-refractivity contribution in [1.29, 1.82) is 0 Å². The van der Waals surface area contributed by atoms with Gasteiger partial charge < -0.3 is 0 Å². The van der Waals surface area contributed by atoms with E-state index >= 15 is 0 Å². The molecule has 0 fully saturated rings. The maximum absolute atomic E-state index is 11.9. The van der Waals surface area contributed by atoms with Crippen LogP contribution in [-0.2, 0) is 0 Å². The Hall–Kier alpha value is -2.47. The highest BCUT2D eigenvalue weighted by Gasteiger charge is 2.07. The van der Waals surface area contributed by atoms with Crippen LogP contribution in [0.2, 0.25) is 0 Å². The Kier molecular flexibility index (Phi) is 2.75. The van der Waals surface area contributed by atoms with E-state index in [1.165, 1.54) is 6.20 Å². The van der Waals surface area contributed by atoms with Crippen LogP contribution in [-0.4, -0.2) is 10.8 Å². The van der Waals surface area contributed by atoms with E-state index < -0.39 is 0 Å². The Bertz CT molecular complexity index is 538. The molecule has 0 spiro atoms. The van der Waals surface area contributed by atoms with E-state index in [2.05, 4.69) is 9.83 Å². The van der Waals surface area contributed by atoms with E-state index in [0.717, 1.165) is 0 Å². The lowest BCUT2D eigenvalue weighted by atomic mass is 10.1. The summed E-state index contributed by atoms with van der Waals surface area (Å²) in [7, 11) is 0. The average Bonchev–Trinajstić information content (AvgIpc) is 2.39. The highest BCUT2D eigenvalue weighted by Crippen LogP contribution is 2.15. The van der Waals surface area contributed by atoms with Gasteiger partial charge in [0.15, 0.2) is 11.5 Å². The first kappa shape index (κ1) is 10.1. The van der Waals surface area contributed by atoms with Crippen molar-refractivity contribution in [1.82, 2.24) is 4.98 Å². The largest absolute Gasteiger partial charge is 0.289 e. The maximum atomic E-state index is 11.9. The molecule has 0 unspecified atom stereocenters. The third-order valence-corrected chi connectivity index (χ3v) is 2.18. The van der Waals surface area contributed by atoms with Crippen molar-refractivity contribution in [2.24, 2.45) is 0 Å². The van der Waals surface area contributed by atoms with Gasteiger partial charge >= 0.3 is 0 Å². The van der Waals surface area contributed by atoms with Crippen LogP contribution >= 0.6 is 0 Å². The van der Waals surface area contributed by atoms with Gasteiger partial charge in [-0.3, -0.25) is 9.78 Å². The van der Waals surface area contributed by atoms with Crippen LogP contribution in [0.25, 0.3) is 4.85 Å². The molecule has 0 atom stereocenters. The van der Waals surface area contributed by atoms with Gasteiger partial charge in [0.2, 0.25) is 0 Å². The van der Waals surface area contributed by atoms with Crippen molar-refractivity contribution in [2.45, 2.75) is 0 Å². The lowest BCUT2D eigenvalue weighted by Crippen LogP contribution is -2.00. The number of aromatic nitrogens is 1. The summed E-state index contributed by atoms with van der Waals surface area (Å²) in [6, 6.07) is 10.0. The summed E-state index contributed by atoms with van der Waals surface area (Å²) in [6.07, 6.45) is 3.16. The third kappa shape index (κ3) is 1.96. The van der Waals surface area contributed by atoms with Gasteiger partial charge in [0.05, 0.1) is 6.57 Å². The first-order chi connectivity index (χ1) is 7.81. The number of rotatable bonds is 2. The molecular formula is C13H8N2O. The van der Waals surface area contributed by atoms with Gasteiger partial charge in [-0.1, -0.05) is 24.3 Å². The van der Waals surface area contributed by atoms with E-state index in [1.54, 1.807) is 42.6 Å². The predicted octanol–water partition coefficient (Wildman–Crippen LogP) is 2.86. The van der Waals surface area contributed by atoms with Gasteiger partial charge in [-0.25, -0.2) is 4.85 Å². The molecule has 0 aliphatic heterocycles. The van der Waals surface area contributed by atoms with Gasteiger partial charge in [0, 0.05) is 23.5 Å². The fraction of sp³-hybridized carbons (Fsp3) is 0. The Morgan fingerprint density at radius 3 is 2.44 bits per heavy atom. The second kappa shape index (κ2) is 4.37. The fourth-order valence-corrected chi connectivity index (χ4v) is 1.35. The number of carbonyl (C=O) groups excluding carboxylic acids is 1. The van der Waals surface area contributed by atoms with Gasteiger partial charge in [-0.2, -0.15) is 0 Å². The minimum Gasteiger partial charge on any atom is -0.289 e. The molecule has 1 aromatic heterocycles. The van der Waals surface area contributed by atoms with Gasteiger partial charge in [0.25, 0.3) is 0 Å². The Morgan fingerprint density at radius 2 is 1.88 bits per heavy atom. The standard InChI is InChI=1S/C13H8N2O/c1-14-12-6-4-10(5-7-12)13(16)11-3-2-8-15-9-11/h2-9H. The molecule has 0 amide bonds. The van der Waals surface area contributed by atoms with E-state index in [4.69, 9.17) is 6.57 Å². The van der Waals surface area contributed by atoms with Crippen molar-refractivity contribution >= 4 is 11.5 Å². The molecule has 16 heavy (non-hydrogen) atoms. The molecule has 0 saturated carbocycles. The second-order valence-corrected chi connectivity index (χ2v) is 3.23. The van der Waals surface area contributed by atoms with Crippen LogP contribution in [0.5, 0.6) is 0 Å². The lowest BCUT2D eigenvalue weighted by Gasteiger charge is -2.00. The highest BCUT2D eigenvalue weighted by molar-refractivity contribution is 6.08. The van der Waals surface area contributed by atoms with Crippen LogP contribution in [0.4, 0.5) is 5.69 Å². The molecule has 0 N–H and O–H groups in total. The smallest absolute Gasteiger partial charge is 0.194 e. The van der Waals surface area contributed by atoms with Gasteiger partial charge in [-0.05, 0) is 12.1 Å². The summed E-state index contributed by atoms with van der Waals surface area (Å²) < 4.78 is 0. The highest BCUT2D eigenvalue weighted by atomic mass is 16.1. The number of pyridine rings is 1. The summed E-state index contributed by atoms with van der Waals surface area (Å²) >= 11 is 0. The van der Waals surface area contributed by atoms with Crippen molar-refractivity contribution in [3.63, 3.8) is 0 Å². The SMILES string of the molecule is [C-]#[N+]c1ccc(C(=O)c2cccnc2)cc1. The molecule has 2 aromatic rings. The fourth-order valence-electron chi connectivity index (χ4n) is 1.35. The minimum atomic E-state index is -0.0790. The number of ketones is 1. The molecule has 2 rings (SSSR count). The molecule has 76 valence electrons. The monoisotopic (exact) mass is 208 g/mol. The molecule has 0 radical (unpaired) electrons. The van der Waals surface area contributed by atoms with E-state index in [1.807, 2.05) is 0 Å². The molecular weight excluding hydrogens is 200 g/mol. The second-order valence-electron chi connectivity index (χ2n) is 3.23. The summed E-state index contributed by atoms with van der Waals surface area (Å²) in [5.74, 6) is -0.0790. The molecule has 0 bridgehead atoms. The van der Waals surface area contributed by atoms with E-state index in [-0.39, 0.29) is 5.78 Å². The zero-order chi connectivity index (χ0) is 11.4.